The Hall–Kier alpha value is -2.57. The van der Waals surface area contributed by atoms with E-state index >= 15 is 0 Å². The number of aliphatic imine (C=N–C) groups is 1. The number of rotatable bonds is 3. The number of carboxylic acid groups (broad SMARTS) is 1. The molecular formula is C10H8F2N4O5S. The van der Waals surface area contributed by atoms with E-state index in [1.165, 1.54) is 0 Å². The van der Waals surface area contributed by atoms with Crippen molar-refractivity contribution in [2.24, 2.45) is 4.99 Å². The molecule has 1 aliphatic rings. The van der Waals surface area contributed by atoms with Crippen LogP contribution >= 0.6 is 0 Å². The molecule has 0 saturated heterocycles. The van der Waals surface area contributed by atoms with E-state index in [1.807, 2.05) is 5.43 Å². The summed E-state index contributed by atoms with van der Waals surface area (Å²) in [5.74, 6) is -2.94. The molecule has 0 fully saturated rings. The summed E-state index contributed by atoms with van der Waals surface area (Å²) in [6.45, 7) is 0. The third-order valence-corrected chi connectivity index (χ3v) is 3.20. The van der Waals surface area contributed by atoms with Crippen LogP contribution in [0.15, 0.2) is 40.1 Å². The van der Waals surface area contributed by atoms with E-state index in [9.17, 15) is 22.1 Å². The van der Waals surface area contributed by atoms with Crippen LogP contribution in [0.4, 0.5) is 14.6 Å². The minimum absolute atomic E-state index is 0.255. The number of benzene rings is 1. The van der Waals surface area contributed by atoms with Crippen molar-refractivity contribution in [1.29, 1.82) is 0 Å². The third-order valence-electron chi connectivity index (χ3n) is 2.37. The zero-order valence-corrected chi connectivity index (χ0v) is 11.3. The third kappa shape index (κ3) is 3.75. The van der Waals surface area contributed by atoms with Crippen LogP contribution in [0.3, 0.4) is 0 Å². The highest BCUT2D eigenvalue weighted by Crippen LogP contribution is 2.22. The van der Waals surface area contributed by atoms with Crippen molar-refractivity contribution in [3.05, 3.63) is 35.8 Å². The molecule has 0 saturated carbocycles. The van der Waals surface area contributed by atoms with Crippen LogP contribution in [-0.2, 0) is 10.1 Å². The van der Waals surface area contributed by atoms with Crippen LogP contribution in [0.1, 0.15) is 10.4 Å². The standard InChI is InChI=1S/C10H8F2N4O5S/c11-8-4-9(15-16(12)14-8)13-6-1-5(10(17)18)2-7(3-6)22(19,20)21/h1-4,14H,(H,13,15)(H,17,18)(H,19,20,21). The molecule has 12 heteroatoms. The van der Waals surface area contributed by atoms with Crippen LogP contribution in [0.2, 0.25) is 0 Å². The van der Waals surface area contributed by atoms with Crippen LogP contribution in [0, 0.1) is 0 Å². The molecule has 1 aromatic carbocycles. The smallest absolute Gasteiger partial charge is 0.335 e. The first-order valence-corrected chi connectivity index (χ1v) is 6.90. The molecule has 0 amide bonds. The van der Waals surface area contributed by atoms with E-state index in [0.29, 0.717) is 0 Å². The molecule has 0 unspecified atom stereocenters. The van der Waals surface area contributed by atoms with Gasteiger partial charge in [-0.25, -0.2) is 15.2 Å². The Morgan fingerprint density at radius 2 is 1.95 bits per heavy atom. The topological polar surface area (TPSA) is 131 Å². The zero-order chi connectivity index (χ0) is 16.5. The van der Waals surface area contributed by atoms with Crippen LogP contribution in [0.5, 0.6) is 0 Å². The molecule has 0 radical (unpaired) electrons. The molecule has 2 rings (SSSR count). The minimum atomic E-state index is -4.68. The SMILES string of the molecule is O=C(O)c1cc(N=C2C=C(F)NN(F)N2)cc(S(=O)(=O)O)c1. The van der Waals surface area contributed by atoms with Gasteiger partial charge < -0.3 is 5.11 Å². The first kappa shape index (κ1) is 15.8. The maximum absolute atomic E-state index is 13.0. The highest BCUT2D eigenvalue weighted by Gasteiger charge is 2.17. The largest absolute Gasteiger partial charge is 0.478 e. The second kappa shape index (κ2) is 5.67. The maximum atomic E-state index is 13.0. The van der Waals surface area contributed by atoms with Gasteiger partial charge in [0.25, 0.3) is 10.1 Å². The van der Waals surface area contributed by atoms with Crippen molar-refractivity contribution in [3.63, 3.8) is 0 Å². The molecule has 0 bridgehead atoms. The second-order valence-corrected chi connectivity index (χ2v) is 5.41. The molecule has 1 heterocycles. The lowest BCUT2D eigenvalue weighted by molar-refractivity contribution is -0.0612. The highest BCUT2D eigenvalue weighted by molar-refractivity contribution is 7.85. The van der Waals surface area contributed by atoms with Gasteiger partial charge in [-0.05, 0) is 18.2 Å². The maximum Gasteiger partial charge on any atom is 0.335 e. The predicted octanol–water partition coefficient (Wildman–Crippen LogP) is 0.682. The van der Waals surface area contributed by atoms with Crippen molar-refractivity contribution >= 4 is 27.6 Å². The first-order chi connectivity index (χ1) is 10.1. The van der Waals surface area contributed by atoms with Crippen LogP contribution in [-0.4, -0.2) is 35.2 Å². The van der Waals surface area contributed by atoms with Crippen LogP contribution < -0.4 is 10.9 Å². The highest BCUT2D eigenvalue weighted by atomic mass is 32.2. The Balaban J connectivity index is 2.53. The Morgan fingerprint density at radius 1 is 1.27 bits per heavy atom. The fraction of sp³-hybridized carbons (Fsp3) is 0. The number of nitrogens with one attached hydrogen (secondary N) is 2. The Morgan fingerprint density at radius 3 is 2.50 bits per heavy atom. The monoisotopic (exact) mass is 334 g/mol. The van der Waals surface area contributed by atoms with E-state index in [2.05, 4.69) is 4.99 Å². The van der Waals surface area contributed by atoms with Crippen molar-refractivity contribution in [3.8, 4) is 0 Å². The normalized spacial score (nSPS) is 17.6. The molecule has 0 atom stereocenters. The lowest BCUT2D eigenvalue weighted by Crippen LogP contribution is -2.47. The van der Waals surface area contributed by atoms with Crippen molar-refractivity contribution in [1.82, 2.24) is 16.2 Å². The first-order valence-electron chi connectivity index (χ1n) is 5.46. The van der Waals surface area contributed by atoms with Crippen molar-refractivity contribution in [2.75, 3.05) is 0 Å². The van der Waals surface area contributed by atoms with Crippen molar-refractivity contribution < 1.29 is 31.7 Å². The summed E-state index contributed by atoms with van der Waals surface area (Å²) in [5.41, 5.74) is 2.79. The molecule has 22 heavy (non-hydrogen) atoms. The molecule has 9 nitrogen and oxygen atoms in total. The van der Waals surface area contributed by atoms with Gasteiger partial charge in [-0.2, -0.15) is 12.8 Å². The molecule has 0 aromatic heterocycles. The average molecular weight is 334 g/mol. The van der Waals surface area contributed by atoms with Gasteiger partial charge in [-0.3, -0.25) is 9.98 Å². The average Bonchev–Trinajstić information content (AvgIpc) is 2.35. The van der Waals surface area contributed by atoms with Gasteiger partial charge in [0.05, 0.1) is 16.1 Å². The van der Waals surface area contributed by atoms with Gasteiger partial charge in [-0.1, -0.05) is 4.48 Å². The molecule has 118 valence electrons. The summed E-state index contributed by atoms with van der Waals surface area (Å²) in [6, 6.07) is 2.52. The van der Waals surface area contributed by atoms with E-state index in [1.54, 1.807) is 5.43 Å². The van der Waals surface area contributed by atoms with Gasteiger partial charge in [0, 0.05) is 11.4 Å². The summed E-state index contributed by atoms with van der Waals surface area (Å²) in [6.07, 6.45) is 0.747. The van der Waals surface area contributed by atoms with Gasteiger partial charge in [0.1, 0.15) is 5.84 Å². The molecule has 1 aromatic rings. The summed E-state index contributed by atoms with van der Waals surface area (Å²) in [5, 5.41) is 8.55. The van der Waals surface area contributed by atoms with Gasteiger partial charge in [-0.15, -0.1) is 0 Å². The molecule has 0 aliphatic carbocycles. The Labute approximate surface area is 122 Å². The number of hydrogen-bond acceptors (Lipinski definition) is 6. The number of nitrogens with zero attached hydrogens (tertiary/aromatic N) is 2. The molecule has 1 aliphatic heterocycles. The molecule has 0 spiro atoms. The Kier molecular flexibility index (Phi) is 4.07. The summed E-state index contributed by atoms with van der Waals surface area (Å²) in [7, 11) is -4.68. The van der Waals surface area contributed by atoms with E-state index in [0.717, 1.165) is 24.3 Å². The van der Waals surface area contributed by atoms with Gasteiger partial charge >= 0.3 is 5.97 Å². The minimum Gasteiger partial charge on any atom is -0.478 e. The summed E-state index contributed by atoms with van der Waals surface area (Å²) < 4.78 is 57.0. The van der Waals surface area contributed by atoms with Gasteiger partial charge in [0.2, 0.25) is 5.95 Å². The fourth-order valence-electron chi connectivity index (χ4n) is 1.52. The van der Waals surface area contributed by atoms with E-state index in [-0.39, 0.29) is 16.9 Å². The fourth-order valence-corrected chi connectivity index (χ4v) is 2.07. The van der Waals surface area contributed by atoms with E-state index in [4.69, 9.17) is 9.66 Å². The number of amidine groups is 1. The number of halogens is 2. The molecule has 4 N–H and O–H groups in total. The number of hydrogen-bond donors (Lipinski definition) is 4. The lowest BCUT2D eigenvalue weighted by Gasteiger charge is -2.19. The quantitative estimate of drug-likeness (QED) is 0.360. The number of carbonyl (C=O) groups is 1. The van der Waals surface area contributed by atoms with Crippen LogP contribution in [0.25, 0.3) is 0 Å². The zero-order valence-electron chi connectivity index (χ0n) is 10.5. The molecular weight excluding hydrogens is 326 g/mol. The summed E-state index contributed by atoms with van der Waals surface area (Å²) in [4.78, 5) is 13.9. The Bertz CT molecular complexity index is 793. The lowest BCUT2D eigenvalue weighted by atomic mass is 10.2. The van der Waals surface area contributed by atoms with Gasteiger partial charge in [0.15, 0.2) is 0 Å². The van der Waals surface area contributed by atoms with Crippen molar-refractivity contribution in [2.45, 2.75) is 4.90 Å². The second-order valence-electron chi connectivity index (χ2n) is 3.99. The van der Waals surface area contributed by atoms with E-state index < -0.39 is 32.5 Å². The number of carboxylic acids is 1. The predicted molar refractivity (Wildman–Crippen MR) is 68.7 cm³/mol. The summed E-state index contributed by atoms with van der Waals surface area (Å²) >= 11 is 0. The number of aromatic carboxylic acids is 1. The number of hydrazine groups is 2.